The minimum Gasteiger partial charge on any atom is -0.372 e. The van der Waals surface area contributed by atoms with Crippen LogP contribution in [-0.4, -0.2) is 41.6 Å². The Morgan fingerprint density at radius 3 is 2.92 bits per heavy atom. The number of nitrogens with one attached hydrogen (secondary N) is 1. The number of likely N-dealkylation sites (N-methyl/N-ethyl adjacent to an activating group) is 1. The number of nitrogens with zero attached hydrogens (tertiary/aromatic N) is 1. The van der Waals surface area contributed by atoms with Crippen molar-refractivity contribution in [3.8, 4) is 0 Å². The van der Waals surface area contributed by atoms with Gasteiger partial charge in [-0.05, 0) is 37.6 Å². The van der Waals surface area contributed by atoms with Crippen molar-refractivity contribution in [2.24, 2.45) is 5.73 Å². The number of nitrogens with two attached hydrogens (primary N) is 1. The molecule has 0 spiro atoms. The third-order valence-electron chi connectivity index (χ3n) is 5.07. The number of fused-ring (bicyclic) bond motifs is 2. The highest BCUT2D eigenvalue weighted by Gasteiger charge is 2.37. The van der Waals surface area contributed by atoms with E-state index < -0.39 is 12.1 Å². The molecule has 1 amide bonds. The van der Waals surface area contributed by atoms with Gasteiger partial charge in [-0.25, -0.2) is 9.59 Å². The number of carbonyl (C=O) groups is 2. The number of rotatable bonds is 1. The van der Waals surface area contributed by atoms with Gasteiger partial charge in [-0.3, -0.25) is 4.90 Å². The molecular formula is C18H19N3O3. The van der Waals surface area contributed by atoms with Gasteiger partial charge in [0.25, 0.3) is 0 Å². The lowest BCUT2D eigenvalue weighted by Gasteiger charge is -2.41. The van der Waals surface area contributed by atoms with Crippen molar-refractivity contribution in [2.45, 2.75) is 25.3 Å². The molecule has 2 atom stereocenters. The van der Waals surface area contributed by atoms with E-state index in [4.69, 9.17) is 5.73 Å². The summed E-state index contributed by atoms with van der Waals surface area (Å²) in [5.74, 6) is -0.418. The number of hydrogen-bond donors (Lipinski definition) is 2. The number of benzene rings is 1. The first-order valence-corrected chi connectivity index (χ1v) is 7.98. The third-order valence-corrected chi connectivity index (χ3v) is 5.07. The summed E-state index contributed by atoms with van der Waals surface area (Å²) in [4.78, 5) is 28.6. The van der Waals surface area contributed by atoms with Crippen LogP contribution in [0.15, 0.2) is 29.8 Å². The quantitative estimate of drug-likeness (QED) is 0.478. The van der Waals surface area contributed by atoms with Crippen molar-refractivity contribution in [3.63, 3.8) is 0 Å². The Hall–Kier alpha value is -2.60. The van der Waals surface area contributed by atoms with Gasteiger partial charge in [-0.2, -0.15) is 0 Å². The summed E-state index contributed by atoms with van der Waals surface area (Å²) in [6, 6.07) is 6.32. The number of aromatic nitrogens is 1. The highest BCUT2D eigenvalue weighted by atomic mass is 16.6. The Morgan fingerprint density at radius 1 is 1.38 bits per heavy atom. The maximum atomic E-state index is 12.3. The van der Waals surface area contributed by atoms with E-state index in [0.29, 0.717) is 11.6 Å². The SMILES string of the molecule is CC1=C[C@@H]2c3cccc4[nH]c(C(=O)OC(N)=O)c(c34)C[C@H]2N(C)C1. The zero-order valence-corrected chi connectivity index (χ0v) is 13.6. The van der Waals surface area contributed by atoms with E-state index in [1.807, 2.05) is 12.1 Å². The van der Waals surface area contributed by atoms with Crippen molar-refractivity contribution in [2.75, 3.05) is 13.6 Å². The molecule has 1 aromatic heterocycles. The highest BCUT2D eigenvalue weighted by molar-refractivity contribution is 6.03. The Balaban J connectivity index is 1.91. The number of ether oxygens (including phenoxy) is 1. The summed E-state index contributed by atoms with van der Waals surface area (Å²) >= 11 is 0. The van der Waals surface area contributed by atoms with Crippen LogP contribution in [-0.2, 0) is 11.2 Å². The maximum Gasteiger partial charge on any atom is 0.412 e. The smallest absolute Gasteiger partial charge is 0.372 e. The second-order valence-electron chi connectivity index (χ2n) is 6.68. The second kappa shape index (κ2) is 5.21. The zero-order valence-electron chi connectivity index (χ0n) is 13.6. The molecule has 0 bridgehead atoms. The van der Waals surface area contributed by atoms with E-state index in [0.717, 1.165) is 29.4 Å². The van der Waals surface area contributed by atoms with Gasteiger partial charge in [0.05, 0.1) is 0 Å². The predicted molar refractivity (Wildman–Crippen MR) is 89.9 cm³/mol. The number of esters is 1. The van der Waals surface area contributed by atoms with Gasteiger partial charge >= 0.3 is 12.1 Å². The van der Waals surface area contributed by atoms with Gasteiger partial charge in [-0.1, -0.05) is 23.8 Å². The van der Waals surface area contributed by atoms with E-state index in [1.165, 1.54) is 11.1 Å². The summed E-state index contributed by atoms with van der Waals surface area (Å²) in [6.07, 6.45) is 1.97. The normalized spacial score (nSPS) is 22.8. The van der Waals surface area contributed by atoms with Crippen molar-refractivity contribution in [3.05, 3.63) is 46.7 Å². The van der Waals surface area contributed by atoms with Gasteiger partial charge in [0.2, 0.25) is 0 Å². The van der Waals surface area contributed by atoms with Crippen LogP contribution in [0.1, 0.15) is 34.5 Å². The molecule has 24 heavy (non-hydrogen) atoms. The zero-order chi connectivity index (χ0) is 17.0. The molecule has 0 saturated carbocycles. The number of hydrogen-bond acceptors (Lipinski definition) is 4. The number of carbonyl (C=O) groups excluding carboxylic acids is 2. The molecule has 2 heterocycles. The lowest BCUT2D eigenvalue weighted by molar-refractivity contribution is 0.0631. The molecule has 1 aromatic carbocycles. The van der Waals surface area contributed by atoms with Crippen LogP contribution in [0.2, 0.25) is 0 Å². The number of H-pyrrole nitrogens is 1. The minimum atomic E-state index is -1.09. The fourth-order valence-electron chi connectivity index (χ4n) is 4.19. The molecule has 2 aromatic rings. The van der Waals surface area contributed by atoms with Gasteiger partial charge < -0.3 is 15.5 Å². The van der Waals surface area contributed by atoms with E-state index in [9.17, 15) is 9.59 Å². The minimum absolute atomic E-state index is 0.280. The summed E-state index contributed by atoms with van der Waals surface area (Å²) < 4.78 is 4.60. The molecule has 0 saturated heterocycles. The lowest BCUT2D eigenvalue weighted by atomic mass is 9.76. The molecular weight excluding hydrogens is 306 g/mol. The maximum absolute atomic E-state index is 12.3. The van der Waals surface area contributed by atoms with Gasteiger partial charge in [0.1, 0.15) is 5.69 Å². The molecule has 2 aliphatic rings. The van der Waals surface area contributed by atoms with Gasteiger partial charge in [0.15, 0.2) is 0 Å². The Morgan fingerprint density at radius 2 is 2.17 bits per heavy atom. The fraction of sp³-hybridized carbons (Fsp3) is 0.333. The first kappa shape index (κ1) is 15.0. The molecule has 1 aliphatic heterocycles. The lowest BCUT2D eigenvalue weighted by Crippen LogP contribution is -2.43. The first-order valence-electron chi connectivity index (χ1n) is 7.98. The van der Waals surface area contributed by atoms with Crippen LogP contribution in [0.3, 0.4) is 0 Å². The van der Waals surface area contributed by atoms with Gasteiger partial charge in [0, 0.05) is 29.4 Å². The molecule has 0 fully saturated rings. The van der Waals surface area contributed by atoms with Crippen LogP contribution < -0.4 is 5.73 Å². The summed E-state index contributed by atoms with van der Waals surface area (Å²) in [5, 5.41) is 1.06. The number of primary amides is 1. The van der Waals surface area contributed by atoms with Crippen LogP contribution in [0.5, 0.6) is 0 Å². The molecule has 0 radical (unpaired) electrons. The monoisotopic (exact) mass is 325 g/mol. The Kier molecular flexibility index (Phi) is 3.25. The van der Waals surface area contributed by atoms with E-state index in [2.05, 4.69) is 40.7 Å². The van der Waals surface area contributed by atoms with Crippen LogP contribution >= 0.6 is 0 Å². The standard InChI is InChI=1S/C18H19N3O3/c1-9-6-11-10-4-3-5-13-15(10)12(7-14(11)21(2)8-9)16(20-13)17(22)24-18(19)23/h3-6,11,14,20H,7-8H2,1-2H3,(H2,19,23)/t11-,14-/m1/s1. The Labute approximate surface area is 139 Å². The summed E-state index contributed by atoms with van der Waals surface area (Å²) in [6.45, 7) is 3.06. The number of aromatic amines is 1. The van der Waals surface area contributed by atoms with Crippen LogP contribution in [0.4, 0.5) is 4.79 Å². The van der Waals surface area contributed by atoms with Gasteiger partial charge in [-0.15, -0.1) is 0 Å². The van der Waals surface area contributed by atoms with Crippen LogP contribution in [0.25, 0.3) is 10.9 Å². The first-order chi connectivity index (χ1) is 11.5. The van der Waals surface area contributed by atoms with Crippen molar-refractivity contribution in [1.29, 1.82) is 0 Å². The average molecular weight is 325 g/mol. The average Bonchev–Trinajstić information content (AvgIpc) is 2.88. The third kappa shape index (κ3) is 2.14. The largest absolute Gasteiger partial charge is 0.412 e. The van der Waals surface area contributed by atoms with E-state index >= 15 is 0 Å². The summed E-state index contributed by atoms with van der Waals surface area (Å²) in [5.41, 5.74) is 9.67. The predicted octanol–water partition coefficient (Wildman–Crippen LogP) is 2.30. The molecule has 6 nitrogen and oxygen atoms in total. The fourth-order valence-corrected chi connectivity index (χ4v) is 4.19. The van der Waals surface area contributed by atoms with E-state index in [1.54, 1.807) is 0 Å². The molecule has 3 N–H and O–H groups in total. The molecule has 124 valence electrons. The molecule has 6 heteroatoms. The topological polar surface area (TPSA) is 88.4 Å². The van der Waals surface area contributed by atoms with Crippen molar-refractivity contribution < 1.29 is 14.3 Å². The molecule has 0 unspecified atom stereocenters. The summed E-state index contributed by atoms with van der Waals surface area (Å²) in [7, 11) is 2.10. The van der Waals surface area contributed by atoms with E-state index in [-0.39, 0.29) is 6.04 Å². The second-order valence-corrected chi connectivity index (χ2v) is 6.68. The number of amides is 1. The van der Waals surface area contributed by atoms with Crippen molar-refractivity contribution in [1.82, 2.24) is 9.88 Å². The van der Waals surface area contributed by atoms with Crippen LogP contribution in [0, 0.1) is 0 Å². The highest BCUT2D eigenvalue weighted by Crippen LogP contribution is 2.43. The molecule has 4 rings (SSSR count). The molecule has 1 aliphatic carbocycles. The Bertz CT molecular complexity index is 896. The van der Waals surface area contributed by atoms with Crippen molar-refractivity contribution >= 4 is 23.0 Å².